The first-order valence-corrected chi connectivity index (χ1v) is 8.66. The Morgan fingerprint density at radius 2 is 1.72 bits per heavy atom. The standard InChI is InChI=1S/C19H27N3O3/c1-13(2)10-22(11-14(3)4)18(23)12-24-17-8-6-16(7-9-17)19-20-15(5)25-21-19/h6-9,13-14H,10-12H2,1-5H3. The fourth-order valence-electron chi connectivity index (χ4n) is 2.51. The highest BCUT2D eigenvalue weighted by Crippen LogP contribution is 2.20. The molecule has 6 heteroatoms. The van der Waals surface area contributed by atoms with Gasteiger partial charge in [-0.2, -0.15) is 4.98 Å². The van der Waals surface area contributed by atoms with E-state index in [1.165, 1.54) is 0 Å². The Kier molecular flexibility index (Phi) is 6.56. The number of benzene rings is 1. The fraction of sp³-hybridized carbons (Fsp3) is 0.526. The molecule has 0 spiro atoms. The number of carbonyl (C=O) groups excluding carboxylic acids is 1. The highest BCUT2D eigenvalue weighted by atomic mass is 16.5. The number of hydrogen-bond donors (Lipinski definition) is 0. The summed E-state index contributed by atoms with van der Waals surface area (Å²) in [7, 11) is 0. The molecular weight excluding hydrogens is 318 g/mol. The van der Waals surface area contributed by atoms with Crippen molar-refractivity contribution < 1.29 is 14.1 Å². The average Bonchev–Trinajstić information content (AvgIpc) is 2.98. The molecule has 136 valence electrons. The lowest BCUT2D eigenvalue weighted by molar-refractivity contribution is -0.134. The molecule has 2 rings (SSSR count). The smallest absolute Gasteiger partial charge is 0.260 e. The molecule has 1 amide bonds. The van der Waals surface area contributed by atoms with Crippen LogP contribution in [0.15, 0.2) is 28.8 Å². The van der Waals surface area contributed by atoms with E-state index in [4.69, 9.17) is 9.26 Å². The molecule has 0 atom stereocenters. The molecule has 0 aliphatic rings. The van der Waals surface area contributed by atoms with Gasteiger partial charge in [0.15, 0.2) is 6.61 Å². The number of aryl methyl sites for hydroxylation is 1. The number of rotatable bonds is 8. The van der Waals surface area contributed by atoms with E-state index in [0.29, 0.717) is 29.3 Å². The minimum Gasteiger partial charge on any atom is -0.484 e. The minimum absolute atomic E-state index is 0.0141. The fourth-order valence-corrected chi connectivity index (χ4v) is 2.51. The molecule has 0 radical (unpaired) electrons. The zero-order valence-electron chi connectivity index (χ0n) is 15.7. The van der Waals surface area contributed by atoms with Crippen LogP contribution in [-0.4, -0.2) is 40.6 Å². The normalized spacial score (nSPS) is 11.2. The van der Waals surface area contributed by atoms with Gasteiger partial charge in [0.2, 0.25) is 11.7 Å². The Bertz CT molecular complexity index is 667. The van der Waals surface area contributed by atoms with Crippen LogP contribution in [0.3, 0.4) is 0 Å². The second kappa shape index (κ2) is 8.65. The van der Waals surface area contributed by atoms with Crippen LogP contribution in [0.1, 0.15) is 33.6 Å². The van der Waals surface area contributed by atoms with Crippen LogP contribution in [0.25, 0.3) is 11.4 Å². The summed E-state index contributed by atoms with van der Waals surface area (Å²) in [5.74, 6) is 2.59. The van der Waals surface area contributed by atoms with Crippen molar-refractivity contribution in [2.24, 2.45) is 11.8 Å². The second-order valence-corrected chi connectivity index (χ2v) is 7.04. The molecule has 0 saturated heterocycles. The predicted molar refractivity (Wildman–Crippen MR) is 96.2 cm³/mol. The van der Waals surface area contributed by atoms with Gasteiger partial charge in [-0.25, -0.2) is 0 Å². The second-order valence-electron chi connectivity index (χ2n) is 7.04. The van der Waals surface area contributed by atoms with Gasteiger partial charge in [0.1, 0.15) is 5.75 Å². The number of hydrogen-bond acceptors (Lipinski definition) is 5. The van der Waals surface area contributed by atoms with Gasteiger partial charge in [0, 0.05) is 25.6 Å². The number of nitrogens with zero attached hydrogens (tertiary/aromatic N) is 3. The molecule has 2 aromatic rings. The zero-order chi connectivity index (χ0) is 18.4. The van der Waals surface area contributed by atoms with Crippen molar-refractivity contribution >= 4 is 5.91 Å². The first-order valence-electron chi connectivity index (χ1n) is 8.66. The number of aromatic nitrogens is 2. The van der Waals surface area contributed by atoms with E-state index in [1.54, 1.807) is 6.92 Å². The molecule has 1 aromatic heterocycles. The van der Waals surface area contributed by atoms with Crippen LogP contribution < -0.4 is 4.74 Å². The van der Waals surface area contributed by atoms with Crippen LogP contribution >= 0.6 is 0 Å². The summed E-state index contributed by atoms with van der Waals surface area (Å²) in [4.78, 5) is 18.5. The summed E-state index contributed by atoms with van der Waals surface area (Å²) < 4.78 is 10.6. The van der Waals surface area contributed by atoms with Crippen molar-refractivity contribution in [3.63, 3.8) is 0 Å². The SMILES string of the molecule is Cc1nc(-c2ccc(OCC(=O)N(CC(C)C)CC(C)C)cc2)no1. The first-order chi connectivity index (χ1) is 11.8. The van der Waals surface area contributed by atoms with Gasteiger partial charge in [0.05, 0.1) is 0 Å². The molecule has 6 nitrogen and oxygen atoms in total. The van der Waals surface area contributed by atoms with Crippen molar-refractivity contribution in [1.82, 2.24) is 15.0 Å². The highest BCUT2D eigenvalue weighted by Gasteiger charge is 2.17. The maximum absolute atomic E-state index is 12.4. The van der Waals surface area contributed by atoms with E-state index in [9.17, 15) is 4.79 Å². The number of amides is 1. The highest BCUT2D eigenvalue weighted by molar-refractivity contribution is 5.77. The molecule has 0 unspecified atom stereocenters. The van der Waals surface area contributed by atoms with Crippen molar-refractivity contribution in [1.29, 1.82) is 0 Å². The van der Waals surface area contributed by atoms with Gasteiger partial charge in [-0.1, -0.05) is 32.9 Å². The van der Waals surface area contributed by atoms with Gasteiger partial charge in [-0.3, -0.25) is 4.79 Å². The Hall–Kier alpha value is -2.37. The molecule has 25 heavy (non-hydrogen) atoms. The lowest BCUT2D eigenvalue weighted by atomic mass is 10.1. The Morgan fingerprint density at radius 1 is 1.12 bits per heavy atom. The van der Waals surface area contributed by atoms with E-state index in [1.807, 2.05) is 29.2 Å². The third kappa shape index (κ3) is 5.89. The molecule has 1 aromatic carbocycles. The van der Waals surface area contributed by atoms with Gasteiger partial charge >= 0.3 is 0 Å². The molecule has 0 saturated carbocycles. The van der Waals surface area contributed by atoms with Gasteiger partial charge in [0.25, 0.3) is 5.91 Å². The van der Waals surface area contributed by atoms with Crippen molar-refractivity contribution in [2.45, 2.75) is 34.6 Å². The first kappa shape index (κ1) is 19.0. The van der Waals surface area contributed by atoms with Gasteiger partial charge in [-0.15, -0.1) is 0 Å². The molecular formula is C19H27N3O3. The molecule has 0 bridgehead atoms. The Labute approximate surface area is 149 Å². The largest absolute Gasteiger partial charge is 0.484 e. The topological polar surface area (TPSA) is 68.5 Å². The van der Waals surface area contributed by atoms with Crippen molar-refractivity contribution in [2.75, 3.05) is 19.7 Å². The van der Waals surface area contributed by atoms with E-state index >= 15 is 0 Å². The number of carbonyl (C=O) groups is 1. The van der Waals surface area contributed by atoms with Crippen LogP contribution in [0, 0.1) is 18.8 Å². The van der Waals surface area contributed by atoms with Crippen molar-refractivity contribution in [3.8, 4) is 17.1 Å². The molecule has 1 heterocycles. The lowest BCUT2D eigenvalue weighted by Crippen LogP contribution is -2.39. The summed E-state index contributed by atoms with van der Waals surface area (Å²) >= 11 is 0. The van der Waals surface area contributed by atoms with E-state index in [2.05, 4.69) is 37.8 Å². The van der Waals surface area contributed by atoms with Gasteiger partial charge in [-0.05, 0) is 36.1 Å². The van der Waals surface area contributed by atoms with E-state index in [-0.39, 0.29) is 12.5 Å². The summed E-state index contributed by atoms with van der Waals surface area (Å²) in [5.41, 5.74) is 0.844. The molecule has 0 fully saturated rings. The van der Waals surface area contributed by atoms with Crippen LogP contribution in [0.4, 0.5) is 0 Å². The number of ether oxygens (including phenoxy) is 1. The van der Waals surface area contributed by atoms with Gasteiger partial charge < -0.3 is 14.2 Å². The maximum Gasteiger partial charge on any atom is 0.260 e. The molecule has 0 aliphatic heterocycles. The Balaban J connectivity index is 1.93. The summed E-state index contributed by atoms with van der Waals surface area (Å²) in [6.45, 7) is 11.7. The lowest BCUT2D eigenvalue weighted by Gasteiger charge is -2.26. The third-order valence-corrected chi connectivity index (χ3v) is 3.53. The van der Waals surface area contributed by atoms with Crippen LogP contribution in [0.5, 0.6) is 5.75 Å². The summed E-state index contributed by atoms with van der Waals surface area (Å²) in [5, 5.41) is 3.88. The maximum atomic E-state index is 12.4. The quantitative estimate of drug-likeness (QED) is 0.731. The Morgan fingerprint density at radius 3 is 2.20 bits per heavy atom. The van der Waals surface area contributed by atoms with E-state index < -0.39 is 0 Å². The monoisotopic (exact) mass is 345 g/mol. The van der Waals surface area contributed by atoms with Crippen LogP contribution in [-0.2, 0) is 4.79 Å². The summed E-state index contributed by atoms with van der Waals surface area (Å²) in [6, 6.07) is 7.32. The van der Waals surface area contributed by atoms with Crippen molar-refractivity contribution in [3.05, 3.63) is 30.2 Å². The van der Waals surface area contributed by atoms with E-state index in [0.717, 1.165) is 18.7 Å². The van der Waals surface area contributed by atoms with Crippen LogP contribution in [0.2, 0.25) is 0 Å². The predicted octanol–water partition coefficient (Wildman–Crippen LogP) is 3.56. The average molecular weight is 345 g/mol. The molecule has 0 N–H and O–H groups in total. The minimum atomic E-state index is 0.0141. The molecule has 0 aliphatic carbocycles. The summed E-state index contributed by atoms with van der Waals surface area (Å²) in [6.07, 6.45) is 0. The zero-order valence-corrected chi connectivity index (χ0v) is 15.7. The third-order valence-electron chi connectivity index (χ3n) is 3.53.